The Bertz CT molecular complexity index is 803. The van der Waals surface area contributed by atoms with Crippen molar-refractivity contribution in [3.05, 3.63) is 42.1 Å². The SMILES string of the molecule is CCC(=O)c1cnc(NC(=O)C2CC2)cc1Nc1ccccc1SC. The Morgan fingerprint density at radius 3 is 2.68 bits per heavy atom. The second-order valence-corrected chi connectivity index (χ2v) is 6.83. The van der Waals surface area contributed by atoms with Crippen LogP contribution in [0.4, 0.5) is 17.2 Å². The first-order valence-corrected chi connectivity index (χ1v) is 9.59. The maximum atomic E-state index is 12.3. The summed E-state index contributed by atoms with van der Waals surface area (Å²) >= 11 is 1.63. The average molecular weight is 355 g/mol. The van der Waals surface area contributed by atoms with Crippen LogP contribution in [0, 0.1) is 5.92 Å². The van der Waals surface area contributed by atoms with Crippen LogP contribution in [0.2, 0.25) is 0 Å². The number of anilines is 3. The number of para-hydroxylation sites is 1. The zero-order valence-electron chi connectivity index (χ0n) is 14.3. The summed E-state index contributed by atoms with van der Waals surface area (Å²) in [5, 5.41) is 6.17. The summed E-state index contributed by atoms with van der Waals surface area (Å²) in [6.45, 7) is 1.82. The highest BCUT2D eigenvalue weighted by atomic mass is 32.2. The van der Waals surface area contributed by atoms with E-state index in [1.807, 2.05) is 37.4 Å². The smallest absolute Gasteiger partial charge is 0.228 e. The number of Topliss-reactive ketones (excluding diaryl/α,β-unsaturated/α-hetero) is 1. The van der Waals surface area contributed by atoms with E-state index in [9.17, 15) is 9.59 Å². The van der Waals surface area contributed by atoms with Gasteiger partial charge in [0.2, 0.25) is 5.91 Å². The molecule has 25 heavy (non-hydrogen) atoms. The summed E-state index contributed by atoms with van der Waals surface area (Å²) in [5.74, 6) is 0.579. The summed E-state index contributed by atoms with van der Waals surface area (Å²) in [5.41, 5.74) is 2.11. The van der Waals surface area contributed by atoms with Crippen LogP contribution in [0.15, 0.2) is 41.4 Å². The maximum absolute atomic E-state index is 12.3. The normalized spacial score (nSPS) is 13.4. The molecule has 1 heterocycles. The van der Waals surface area contributed by atoms with E-state index in [2.05, 4.69) is 15.6 Å². The van der Waals surface area contributed by atoms with Gasteiger partial charge in [-0.15, -0.1) is 11.8 Å². The molecule has 1 aliphatic rings. The third-order valence-corrected chi connectivity index (χ3v) is 4.90. The molecule has 0 bridgehead atoms. The molecule has 6 heteroatoms. The molecule has 0 radical (unpaired) electrons. The first kappa shape index (κ1) is 17.5. The molecule has 1 fully saturated rings. The van der Waals surface area contributed by atoms with Gasteiger partial charge in [-0.25, -0.2) is 4.98 Å². The Balaban J connectivity index is 1.92. The summed E-state index contributed by atoms with van der Waals surface area (Å²) < 4.78 is 0. The lowest BCUT2D eigenvalue weighted by Gasteiger charge is -2.15. The number of nitrogens with zero attached hydrogens (tertiary/aromatic N) is 1. The van der Waals surface area contributed by atoms with Crippen molar-refractivity contribution in [1.82, 2.24) is 4.98 Å². The highest BCUT2D eigenvalue weighted by Gasteiger charge is 2.30. The van der Waals surface area contributed by atoms with E-state index in [1.54, 1.807) is 24.0 Å². The Labute approximate surface area is 151 Å². The number of thioether (sulfide) groups is 1. The van der Waals surface area contributed by atoms with E-state index >= 15 is 0 Å². The molecule has 130 valence electrons. The predicted molar refractivity (Wildman–Crippen MR) is 102 cm³/mol. The minimum absolute atomic E-state index is 0.00229. The van der Waals surface area contributed by atoms with Crippen LogP contribution in [-0.4, -0.2) is 22.9 Å². The van der Waals surface area contributed by atoms with Gasteiger partial charge in [0.1, 0.15) is 5.82 Å². The maximum Gasteiger partial charge on any atom is 0.228 e. The Hall–Kier alpha value is -2.34. The molecule has 0 saturated heterocycles. The number of rotatable bonds is 7. The number of benzene rings is 1. The van der Waals surface area contributed by atoms with Gasteiger partial charge in [-0.05, 0) is 31.2 Å². The average Bonchev–Trinajstić information content (AvgIpc) is 3.47. The van der Waals surface area contributed by atoms with Crippen molar-refractivity contribution in [3.63, 3.8) is 0 Å². The monoisotopic (exact) mass is 355 g/mol. The zero-order valence-corrected chi connectivity index (χ0v) is 15.2. The van der Waals surface area contributed by atoms with Gasteiger partial charge in [-0.1, -0.05) is 19.1 Å². The van der Waals surface area contributed by atoms with Gasteiger partial charge < -0.3 is 10.6 Å². The molecule has 2 aromatic rings. The van der Waals surface area contributed by atoms with Crippen molar-refractivity contribution in [2.45, 2.75) is 31.1 Å². The van der Waals surface area contributed by atoms with Crippen LogP contribution in [0.5, 0.6) is 0 Å². The van der Waals surface area contributed by atoms with Gasteiger partial charge in [-0.2, -0.15) is 0 Å². The predicted octanol–water partition coefficient (Wildman–Crippen LogP) is 4.49. The third-order valence-electron chi connectivity index (χ3n) is 4.10. The molecule has 1 aliphatic carbocycles. The minimum Gasteiger partial charge on any atom is -0.354 e. The van der Waals surface area contributed by atoms with Gasteiger partial charge in [0, 0.05) is 29.5 Å². The van der Waals surface area contributed by atoms with Crippen LogP contribution in [0.1, 0.15) is 36.5 Å². The van der Waals surface area contributed by atoms with Crippen LogP contribution in [-0.2, 0) is 4.79 Å². The number of carbonyl (C=O) groups is 2. The molecule has 3 rings (SSSR count). The van der Waals surface area contributed by atoms with Crippen molar-refractivity contribution in [3.8, 4) is 0 Å². The lowest BCUT2D eigenvalue weighted by molar-refractivity contribution is -0.117. The molecule has 0 unspecified atom stereocenters. The lowest BCUT2D eigenvalue weighted by Crippen LogP contribution is -2.15. The number of aromatic nitrogens is 1. The fraction of sp³-hybridized carbons (Fsp3) is 0.316. The Morgan fingerprint density at radius 2 is 2.00 bits per heavy atom. The molecular formula is C19H21N3O2S. The molecule has 0 spiro atoms. The van der Waals surface area contributed by atoms with Crippen LogP contribution >= 0.6 is 11.8 Å². The first-order chi connectivity index (χ1) is 12.1. The summed E-state index contributed by atoms with van der Waals surface area (Å²) in [4.78, 5) is 29.6. The number of hydrogen-bond acceptors (Lipinski definition) is 5. The van der Waals surface area contributed by atoms with Crippen LogP contribution < -0.4 is 10.6 Å². The highest BCUT2D eigenvalue weighted by molar-refractivity contribution is 7.98. The second kappa shape index (κ2) is 7.70. The molecule has 1 saturated carbocycles. The summed E-state index contributed by atoms with van der Waals surface area (Å²) in [7, 11) is 0. The first-order valence-electron chi connectivity index (χ1n) is 8.36. The van der Waals surface area contributed by atoms with Crippen molar-refractivity contribution >= 4 is 40.6 Å². The number of nitrogens with one attached hydrogen (secondary N) is 2. The lowest BCUT2D eigenvalue weighted by atomic mass is 10.1. The fourth-order valence-corrected chi connectivity index (χ4v) is 3.06. The van der Waals surface area contributed by atoms with Crippen molar-refractivity contribution in [1.29, 1.82) is 0 Å². The van der Waals surface area contributed by atoms with E-state index in [-0.39, 0.29) is 17.6 Å². The quantitative estimate of drug-likeness (QED) is 0.566. The van der Waals surface area contributed by atoms with Gasteiger partial charge in [0.25, 0.3) is 0 Å². The summed E-state index contributed by atoms with van der Waals surface area (Å²) in [6.07, 6.45) is 5.81. The third kappa shape index (κ3) is 4.20. The molecule has 1 amide bonds. The molecule has 5 nitrogen and oxygen atoms in total. The van der Waals surface area contributed by atoms with Crippen molar-refractivity contribution < 1.29 is 9.59 Å². The van der Waals surface area contributed by atoms with Gasteiger partial charge in [-0.3, -0.25) is 9.59 Å². The largest absolute Gasteiger partial charge is 0.354 e. The van der Waals surface area contributed by atoms with Crippen molar-refractivity contribution in [2.75, 3.05) is 16.9 Å². The Morgan fingerprint density at radius 1 is 1.24 bits per heavy atom. The van der Waals surface area contributed by atoms with Gasteiger partial charge in [0.05, 0.1) is 16.9 Å². The molecule has 0 atom stereocenters. The van der Waals surface area contributed by atoms with Crippen LogP contribution in [0.25, 0.3) is 0 Å². The molecular weight excluding hydrogens is 334 g/mol. The number of carbonyl (C=O) groups excluding carboxylic acids is 2. The summed E-state index contributed by atoms with van der Waals surface area (Å²) in [6, 6.07) is 9.64. The van der Waals surface area contributed by atoms with Gasteiger partial charge >= 0.3 is 0 Å². The van der Waals surface area contributed by atoms with E-state index in [4.69, 9.17) is 0 Å². The number of hydrogen-bond donors (Lipinski definition) is 2. The molecule has 2 N–H and O–H groups in total. The molecule has 1 aromatic heterocycles. The standard InChI is InChI=1S/C19H21N3O2S/c1-3-16(23)13-11-20-18(22-19(24)12-8-9-12)10-15(13)21-14-6-4-5-7-17(14)25-2/h4-7,10-12H,3,8-9H2,1-2H3,(H2,20,21,22,24). The van der Waals surface area contributed by atoms with Crippen molar-refractivity contribution in [2.24, 2.45) is 5.92 Å². The number of amides is 1. The number of pyridine rings is 1. The van der Waals surface area contributed by atoms with E-state index in [1.165, 1.54) is 0 Å². The van der Waals surface area contributed by atoms with E-state index in [0.717, 1.165) is 23.4 Å². The fourth-order valence-electron chi connectivity index (χ4n) is 2.51. The number of ketones is 1. The molecule has 0 aliphatic heterocycles. The molecule has 1 aromatic carbocycles. The van der Waals surface area contributed by atoms with Crippen LogP contribution in [0.3, 0.4) is 0 Å². The van der Waals surface area contributed by atoms with Gasteiger partial charge in [0.15, 0.2) is 5.78 Å². The topological polar surface area (TPSA) is 71.1 Å². The Kier molecular flexibility index (Phi) is 5.38. The minimum atomic E-state index is -0.00229. The van der Waals surface area contributed by atoms with E-state index in [0.29, 0.717) is 23.5 Å². The van der Waals surface area contributed by atoms with E-state index < -0.39 is 0 Å². The zero-order chi connectivity index (χ0) is 17.8. The highest BCUT2D eigenvalue weighted by Crippen LogP contribution is 2.32. The second-order valence-electron chi connectivity index (χ2n) is 5.98.